The molecular formula is C19H17ClN2O2S. The number of hydrogen-bond donors (Lipinski definition) is 1. The SMILES string of the molecule is CCOc1ccc(-c2nc(NC(=O)c3ccc(Cl)cc3)sc2C)cc1. The first-order valence-corrected chi connectivity index (χ1v) is 9.04. The fourth-order valence-corrected chi connectivity index (χ4v) is 3.32. The van der Waals surface area contributed by atoms with Crippen molar-refractivity contribution >= 4 is 34.0 Å². The van der Waals surface area contributed by atoms with Crippen molar-refractivity contribution in [2.75, 3.05) is 11.9 Å². The van der Waals surface area contributed by atoms with E-state index >= 15 is 0 Å². The Morgan fingerprint density at radius 2 is 1.84 bits per heavy atom. The largest absolute Gasteiger partial charge is 0.494 e. The Kier molecular flexibility index (Phi) is 5.36. The van der Waals surface area contributed by atoms with Crippen LogP contribution in [0.2, 0.25) is 5.02 Å². The van der Waals surface area contributed by atoms with Gasteiger partial charge in [-0.1, -0.05) is 11.6 Å². The van der Waals surface area contributed by atoms with E-state index in [1.54, 1.807) is 24.3 Å². The van der Waals surface area contributed by atoms with Crippen LogP contribution in [0.4, 0.5) is 5.13 Å². The van der Waals surface area contributed by atoms with E-state index in [2.05, 4.69) is 10.3 Å². The summed E-state index contributed by atoms with van der Waals surface area (Å²) in [5.74, 6) is 0.624. The summed E-state index contributed by atoms with van der Waals surface area (Å²) in [5, 5.41) is 4.01. The van der Waals surface area contributed by atoms with Crippen molar-refractivity contribution < 1.29 is 9.53 Å². The quantitative estimate of drug-likeness (QED) is 0.650. The molecule has 0 fully saturated rings. The monoisotopic (exact) mass is 372 g/mol. The zero-order valence-corrected chi connectivity index (χ0v) is 15.4. The molecule has 25 heavy (non-hydrogen) atoms. The molecule has 0 radical (unpaired) electrons. The highest BCUT2D eigenvalue weighted by Crippen LogP contribution is 2.31. The third kappa shape index (κ3) is 4.18. The molecule has 1 aromatic heterocycles. The van der Waals surface area contributed by atoms with Crippen molar-refractivity contribution in [2.24, 2.45) is 0 Å². The smallest absolute Gasteiger partial charge is 0.257 e. The number of carbonyl (C=O) groups excluding carboxylic acids is 1. The summed E-state index contributed by atoms with van der Waals surface area (Å²) in [6.45, 7) is 4.57. The molecule has 3 rings (SSSR count). The maximum Gasteiger partial charge on any atom is 0.257 e. The molecule has 0 aliphatic heterocycles. The van der Waals surface area contributed by atoms with Crippen LogP contribution in [-0.2, 0) is 0 Å². The Morgan fingerprint density at radius 1 is 1.16 bits per heavy atom. The molecule has 0 bridgehead atoms. The second-order valence-corrected chi connectivity index (χ2v) is 6.98. The molecule has 3 aromatic rings. The van der Waals surface area contributed by atoms with Gasteiger partial charge in [0.1, 0.15) is 5.75 Å². The molecule has 0 saturated carbocycles. The number of rotatable bonds is 5. The number of halogens is 1. The highest BCUT2D eigenvalue weighted by Gasteiger charge is 2.13. The van der Waals surface area contributed by atoms with Gasteiger partial charge >= 0.3 is 0 Å². The Hall–Kier alpha value is -2.37. The van der Waals surface area contributed by atoms with Gasteiger partial charge in [0.15, 0.2) is 5.13 Å². The van der Waals surface area contributed by atoms with Gasteiger partial charge in [0.2, 0.25) is 0 Å². The number of benzene rings is 2. The maximum atomic E-state index is 12.3. The molecule has 4 nitrogen and oxygen atoms in total. The van der Waals surface area contributed by atoms with E-state index < -0.39 is 0 Å². The van der Waals surface area contributed by atoms with Crippen LogP contribution in [-0.4, -0.2) is 17.5 Å². The first-order chi connectivity index (χ1) is 12.1. The van der Waals surface area contributed by atoms with Gasteiger partial charge in [-0.25, -0.2) is 4.98 Å². The van der Waals surface area contributed by atoms with Gasteiger partial charge in [0, 0.05) is 21.0 Å². The average molecular weight is 373 g/mol. The molecule has 6 heteroatoms. The number of aryl methyl sites for hydroxylation is 1. The molecular weight excluding hydrogens is 356 g/mol. The summed E-state index contributed by atoms with van der Waals surface area (Å²) in [4.78, 5) is 17.9. The molecule has 128 valence electrons. The molecule has 0 saturated heterocycles. The van der Waals surface area contributed by atoms with Crippen LogP contribution in [0.5, 0.6) is 5.75 Å². The number of hydrogen-bond acceptors (Lipinski definition) is 4. The minimum absolute atomic E-state index is 0.205. The zero-order chi connectivity index (χ0) is 17.8. The minimum Gasteiger partial charge on any atom is -0.494 e. The van der Waals surface area contributed by atoms with E-state index in [1.165, 1.54) is 11.3 Å². The molecule has 0 aliphatic carbocycles. The minimum atomic E-state index is -0.205. The summed E-state index contributed by atoms with van der Waals surface area (Å²) >= 11 is 7.30. The van der Waals surface area contributed by atoms with Crippen LogP contribution < -0.4 is 10.1 Å². The highest BCUT2D eigenvalue weighted by molar-refractivity contribution is 7.16. The van der Waals surface area contributed by atoms with Crippen molar-refractivity contribution in [3.63, 3.8) is 0 Å². The molecule has 1 N–H and O–H groups in total. The number of anilines is 1. The van der Waals surface area contributed by atoms with Gasteiger partial charge in [0.05, 0.1) is 12.3 Å². The Balaban J connectivity index is 1.77. The molecule has 1 heterocycles. The molecule has 0 atom stereocenters. The topological polar surface area (TPSA) is 51.2 Å². The lowest BCUT2D eigenvalue weighted by Crippen LogP contribution is -2.11. The Morgan fingerprint density at radius 3 is 2.48 bits per heavy atom. The highest BCUT2D eigenvalue weighted by atomic mass is 35.5. The van der Waals surface area contributed by atoms with E-state index in [1.807, 2.05) is 38.1 Å². The normalized spacial score (nSPS) is 10.5. The first-order valence-electron chi connectivity index (χ1n) is 7.84. The summed E-state index contributed by atoms with van der Waals surface area (Å²) < 4.78 is 5.46. The van der Waals surface area contributed by atoms with Crippen molar-refractivity contribution in [1.82, 2.24) is 4.98 Å². The number of amides is 1. The van der Waals surface area contributed by atoms with E-state index in [-0.39, 0.29) is 5.91 Å². The van der Waals surface area contributed by atoms with E-state index in [4.69, 9.17) is 16.3 Å². The van der Waals surface area contributed by atoms with Crippen LogP contribution in [0.1, 0.15) is 22.2 Å². The van der Waals surface area contributed by atoms with Gasteiger partial charge < -0.3 is 4.74 Å². The van der Waals surface area contributed by atoms with Gasteiger partial charge in [-0.2, -0.15) is 0 Å². The van der Waals surface area contributed by atoms with Gasteiger partial charge in [-0.15, -0.1) is 11.3 Å². The summed E-state index contributed by atoms with van der Waals surface area (Å²) in [6, 6.07) is 14.5. The second-order valence-electron chi connectivity index (χ2n) is 5.34. The third-order valence-electron chi connectivity index (χ3n) is 3.56. The lowest BCUT2D eigenvalue weighted by atomic mass is 10.1. The Labute approximate surface area is 155 Å². The lowest BCUT2D eigenvalue weighted by Gasteiger charge is -2.04. The molecule has 1 amide bonds. The van der Waals surface area contributed by atoms with Crippen LogP contribution in [0.15, 0.2) is 48.5 Å². The van der Waals surface area contributed by atoms with Gasteiger partial charge in [0.25, 0.3) is 5.91 Å². The van der Waals surface area contributed by atoms with Crippen LogP contribution in [0.25, 0.3) is 11.3 Å². The van der Waals surface area contributed by atoms with E-state index in [0.717, 1.165) is 21.9 Å². The molecule has 0 aliphatic rings. The van der Waals surface area contributed by atoms with Crippen molar-refractivity contribution in [3.05, 3.63) is 64.0 Å². The summed E-state index contributed by atoms with van der Waals surface area (Å²) in [5.41, 5.74) is 2.39. The lowest BCUT2D eigenvalue weighted by molar-refractivity contribution is 0.102. The fraction of sp³-hybridized carbons (Fsp3) is 0.158. The summed E-state index contributed by atoms with van der Waals surface area (Å²) in [6.07, 6.45) is 0. The number of ether oxygens (including phenoxy) is 1. The third-order valence-corrected chi connectivity index (χ3v) is 4.70. The van der Waals surface area contributed by atoms with Crippen LogP contribution in [0, 0.1) is 6.92 Å². The second kappa shape index (κ2) is 7.68. The molecule has 2 aromatic carbocycles. The number of nitrogens with one attached hydrogen (secondary N) is 1. The standard InChI is InChI=1S/C19H17ClN2O2S/c1-3-24-16-10-6-13(7-11-16)17-12(2)25-19(21-17)22-18(23)14-4-8-15(20)9-5-14/h4-11H,3H2,1-2H3,(H,21,22,23). The average Bonchev–Trinajstić information content (AvgIpc) is 2.96. The van der Waals surface area contributed by atoms with Crippen molar-refractivity contribution in [1.29, 1.82) is 0 Å². The Bertz CT molecular complexity index is 873. The first kappa shape index (κ1) is 17.5. The summed E-state index contributed by atoms with van der Waals surface area (Å²) in [7, 11) is 0. The van der Waals surface area contributed by atoms with Gasteiger partial charge in [-0.3, -0.25) is 10.1 Å². The van der Waals surface area contributed by atoms with Crippen LogP contribution >= 0.6 is 22.9 Å². The number of aromatic nitrogens is 1. The fourth-order valence-electron chi connectivity index (χ4n) is 2.36. The maximum absolute atomic E-state index is 12.3. The van der Waals surface area contributed by atoms with Crippen LogP contribution in [0.3, 0.4) is 0 Å². The number of nitrogens with zero attached hydrogens (tertiary/aromatic N) is 1. The zero-order valence-electron chi connectivity index (χ0n) is 13.9. The van der Waals surface area contributed by atoms with E-state index in [9.17, 15) is 4.79 Å². The van der Waals surface area contributed by atoms with Gasteiger partial charge in [-0.05, 0) is 62.4 Å². The number of carbonyl (C=O) groups is 1. The number of thiazole rings is 1. The molecule has 0 spiro atoms. The van der Waals surface area contributed by atoms with E-state index in [0.29, 0.717) is 22.3 Å². The van der Waals surface area contributed by atoms with Crippen molar-refractivity contribution in [3.8, 4) is 17.0 Å². The molecule has 0 unspecified atom stereocenters. The predicted molar refractivity (Wildman–Crippen MR) is 103 cm³/mol. The van der Waals surface area contributed by atoms with Crippen molar-refractivity contribution in [2.45, 2.75) is 13.8 Å². The predicted octanol–water partition coefficient (Wildman–Crippen LogP) is 5.42.